The van der Waals surface area contributed by atoms with Crippen LogP contribution in [-0.4, -0.2) is 0 Å². The average Bonchev–Trinajstić information content (AvgIpc) is 2.71. The van der Waals surface area contributed by atoms with E-state index in [1.54, 1.807) is 0 Å². The van der Waals surface area contributed by atoms with Gasteiger partial charge < -0.3 is 4.42 Å². The summed E-state index contributed by atoms with van der Waals surface area (Å²) in [5, 5.41) is 2.37. The molecule has 1 aromatic heterocycles. The molecule has 3 heteroatoms. The van der Waals surface area contributed by atoms with E-state index >= 15 is 0 Å². The zero-order valence-corrected chi connectivity index (χ0v) is 14.8. The monoisotopic (exact) mass is 428 g/mol. The van der Waals surface area contributed by atoms with Gasteiger partial charge in [-0.2, -0.15) is 0 Å². The van der Waals surface area contributed by atoms with Crippen LogP contribution < -0.4 is 0 Å². The summed E-state index contributed by atoms with van der Waals surface area (Å²) in [4.78, 5) is 0. The fourth-order valence-electron chi connectivity index (χ4n) is 2.25. The molecule has 0 bridgehead atoms. The first-order valence-corrected chi connectivity index (χ1v) is 8.06. The Hall–Kier alpha value is -0.550. The zero-order chi connectivity index (χ0) is 13.8. The van der Waals surface area contributed by atoms with Crippen molar-refractivity contribution in [3.8, 4) is 0 Å². The van der Waals surface area contributed by atoms with E-state index < -0.39 is 0 Å². The molecule has 0 fully saturated rings. The highest BCUT2D eigenvalue weighted by Crippen LogP contribution is 2.36. The first-order valence-electron chi connectivity index (χ1n) is 6.18. The molecule has 0 aliphatic rings. The van der Waals surface area contributed by atoms with Crippen molar-refractivity contribution in [3.63, 3.8) is 0 Å². The summed E-state index contributed by atoms with van der Waals surface area (Å²) >= 11 is 5.87. The van der Waals surface area contributed by atoms with E-state index in [0.717, 1.165) is 19.2 Å². The lowest BCUT2D eigenvalue weighted by atomic mass is 9.87. The molecule has 0 N–H and O–H groups in total. The molecule has 0 atom stereocenters. The average molecular weight is 429 g/mol. The van der Waals surface area contributed by atoms with Crippen molar-refractivity contribution in [2.24, 2.45) is 0 Å². The summed E-state index contributed by atoms with van der Waals surface area (Å²) < 4.78 is 8.27. The topological polar surface area (TPSA) is 13.1 Å². The third-order valence-electron chi connectivity index (χ3n) is 3.40. The quantitative estimate of drug-likeness (QED) is 0.385. The SMILES string of the molecule is CC(C)(C)c1ccc2c(c1)oc1c(I)c(Br)ccc12. The van der Waals surface area contributed by atoms with Gasteiger partial charge in [-0.05, 0) is 67.7 Å². The highest BCUT2D eigenvalue weighted by atomic mass is 127. The van der Waals surface area contributed by atoms with Gasteiger partial charge >= 0.3 is 0 Å². The minimum atomic E-state index is 0.140. The van der Waals surface area contributed by atoms with E-state index in [1.165, 1.54) is 16.3 Å². The molecular weight excluding hydrogens is 415 g/mol. The van der Waals surface area contributed by atoms with Crippen LogP contribution in [0.3, 0.4) is 0 Å². The van der Waals surface area contributed by atoms with Crippen LogP contribution in [-0.2, 0) is 5.41 Å². The van der Waals surface area contributed by atoms with Gasteiger partial charge in [-0.25, -0.2) is 0 Å². The fraction of sp³-hybridized carbons (Fsp3) is 0.250. The first-order chi connectivity index (χ1) is 8.88. The van der Waals surface area contributed by atoms with Crippen molar-refractivity contribution in [2.45, 2.75) is 26.2 Å². The lowest BCUT2D eigenvalue weighted by Crippen LogP contribution is -2.10. The van der Waals surface area contributed by atoms with Crippen LogP contribution in [0.1, 0.15) is 26.3 Å². The van der Waals surface area contributed by atoms with E-state index in [9.17, 15) is 0 Å². The Bertz CT molecular complexity index is 781. The minimum Gasteiger partial charge on any atom is -0.455 e. The highest BCUT2D eigenvalue weighted by molar-refractivity contribution is 14.1. The molecule has 0 amide bonds. The van der Waals surface area contributed by atoms with Crippen molar-refractivity contribution in [1.82, 2.24) is 0 Å². The normalized spacial score (nSPS) is 12.5. The van der Waals surface area contributed by atoms with Gasteiger partial charge in [0.2, 0.25) is 0 Å². The van der Waals surface area contributed by atoms with Gasteiger partial charge in [-0.1, -0.05) is 32.9 Å². The molecule has 2 aromatic carbocycles. The van der Waals surface area contributed by atoms with Crippen molar-refractivity contribution in [2.75, 3.05) is 0 Å². The van der Waals surface area contributed by atoms with E-state index in [1.807, 2.05) is 0 Å². The molecule has 0 unspecified atom stereocenters. The Kier molecular flexibility index (Phi) is 3.17. The van der Waals surface area contributed by atoms with Gasteiger partial charge in [0.15, 0.2) is 0 Å². The number of halogens is 2. The molecule has 0 saturated carbocycles. The van der Waals surface area contributed by atoms with Crippen LogP contribution in [0.5, 0.6) is 0 Å². The fourth-order valence-corrected chi connectivity index (χ4v) is 3.14. The summed E-state index contributed by atoms with van der Waals surface area (Å²) in [5.41, 5.74) is 3.38. The summed E-state index contributed by atoms with van der Waals surface area (Å²) in [5.74, 6) is 0. The van der Waals surface area contributed by atoms with E-state index in [-0.39, 0.29) is 5.41 Å². The number of rotatable bonds is 0. The van der Waals surface area contributed by atoms with Crippen LogP contribution in [0.15, 0.2) is 39.2 Å². The second kappa shape index (κ2) is 4.48. The van der Waals surface area contributed by atoms with Gasteiger partial charge in [-0.3, -0.25) is 0 Å². The largest absolute Gasteiger partial charge is 0.455 e. The van der Waals surface area contributed by atoms with Crippen molar-refractivity contribution in [1.29, 1.82) is 0 Å². The summed E-state index contributed by atoms with van der Waals surface area (Å²) in [6.45, 7) is 6.66. The van der Waals surface area contributed by atoms with E-state index in [0.29, 0.717) is 0 Å². The molecule has 0 saturated heterocycles. The third kappa shape index (κ3) is 2.21. The Morgan fingerprint density at radius 3 is 2.42 bits per heavy atom. The third-order valence-corrected chi connectivity index (χ3v) is 5.87. The number of hydrogen-bond acceptors (Lipinski definition) is 1. The molecule has 0 spiro atoms. The Labute approximate surface area is 134 Å². The van der Waals surface area contributed by atoms with Crippen molar-refractivity contribution < 1.29 is 4.42 Å². The number of furan rings is 1. The molecule has 0 radical (unpaired) electrons. The lowest BCUT2D eigenvalue weighted by molar-refractivity contribution is 0.587. The Morgan fingerprint density at radius 2 is 1.74 bits per heavy atom. The van der Waals surface area contributed by atoms with Crippen LogP contribution in [0.2, 0.25) is 0 Å². The standard InChI is InChI=1S/C16H14BrIO/c1-16(2,3)9-4-5-10-11-6-7-12(17)14(18)15(11)19-13(10)8-9/h4-8H,1-3H3. The maximum Gasteiger partial charge on any atom is 0.149 e. The molecular formula is C16H14BrIO. The van der Waals surface area contributed by atoms with Gasteiger partial charge in [0.05, 0.1) is 3.57 Å². The summed E-state index contributed by atoms with van der Waals surface area (Å²) in [6.07, 6.45) is 0. The summed E-state index contributed by atoms with van der Waals surface area (Å²) in [7, 11) is 0. The van der Waals surface area contributed by atoms with Crippen LogP contribution in [0.25, 0.3) is 21.9 Å². The number of hydrogen-bond donors (Lipinski definition) is 0. The highest BCUT2D eigenvalue weighted by Gasteiger charge is 2.17. The van der Waals surface area contributed by atoms with Crippen molar-refractivity contribution >= 4 is 60.5 Å². The lowest BCUT2D eigenvalue weighted by Gasteiger charge is -2.18. The summed E-state index contributed by atoms with van der Waals surface area (Å²) in [6, 6.07) is 10.7. The maximum atomic E-state index is 6.06. The molecule has 3 rings (SSSR count). The van der Waals surface area contributed by atoms with Crippen LogP contribution in [0.4, 0.5) is 0 Å². The smallest absolute Gasteiger partial charge is 0.149 e. The van der Waals surface area contributed by atoms with Gasteiger partial charge in [0, 0.05) is 15.2 Å². The molecule has 0 aliphatic heterocycles. The molecule has 19 heavy (non-hydrogen) atoms. The van der Waals surface area contributed by atoms with Gasteiger partial charge in [0.25, 0.3) is 0 Å². The minimum absolute atomic E-state index is 0.140. The predicted octanol–water partition coefficient (Wildman–Crippen LogP) is 6.25. The maximum absolute atomic E-state index is 6.06. The van der Waals surface area contributed by atoms with Crippen LogP contribution >= 0.6 is 38.5 Å². The number of fused-ring (bicyclic) bond motifs is 3. The van der Waals surface area contributed by atoms with E-state index in [2.05, 4.69) is 89.6 Å². The number of benzene rings is 2. The van der Waals surface area contributed by atoms with Gasteiger partial charge in [0.1, 0.15) is 11.2 Å². The van der Waals surface area contributed by atoms with Crippen LogP contribution in [0, 0.1) is 3.57 Å². The molecule has 0 aliphatic carbocycles. The molecule has 1 heterocycles. The molecule has 98 valence electrons. The van der Waals surface area contributed by atoms with Crippen molar-refractivity contribution in [3.05, 3.63) is 43.9 Å². The Balaban J connectivity index is 2.37. The Morgan fingerprint density at radius 1 is 1.05 bits per heavy atom. The molecule has 3 aromatic rings. The first kappa shape index (κ1) is 13.4. The second-order valence-electron chi connectivity index (χ2n) is 5.80. The zero-order valence-electron chi connectivity index (χ0n) is 11.1. The second-order valence-corrected chi connectivity index (χ2v) is 7.73. The van der Waals surface area contributed by atoms with Gasteiger partial charge in [-0.15, -0.1) is 0 Å². The predicted molar refractivity (Wildman–Crippen MR) is 92.8 cm³/mol. The molecule has 1 nitrogen and oxygen atoms in total. The van der Waals surface area contributed by atoms with E-state index in [4.69, 9.17) is 4.42 Å².